The van der Waals surface area contributed by atoms with Gasteiger partial charge in [-0.15, -0.1) is 0 Å². The maximum absolute atomic E-state index is 11.0. The Bertz CT molecular complexity index is 596. The zero-order chi connectivity index (χ0) is 13.9. The van der Waals surface area contributed by atoms with Gasteiger partial charge in [-0.1, -0.05) is 30.8 Å². The van der Waals surface area contributed by atoms with Crippen LogP contribution in [0.2, 0.25) is 0 Å². The van der Waals surface area contributed by atoms with Crippen LogP contribution >= 0.6 is 0 Å². The normalized spacial score (nSPS) is 17.0. The number of carbonyl (C=O) groups is 1. The molecule has 20 heavy (non-hydrogen) atoms. The number of aromatic carboxylic acids is 1. The molecule has 0 atom stereocenters. The van der Waals surface area contributed by atoms with E-state index < -0.39 is 5.97 Å². The molecule has 2 aromatic heterocycles. The van der Waals surface area contributed by atoms with Gasteiger partial charge in [-0.2, -0.15) is 4.98 Å². The number of aromatic amines is 1. The van der Waals surface area contributed by atoms with Gasteiger partial charge in [-0.05, 0) is 12.8 Å². The van der Waals surface area contributed by atoms with Gasteiger partial charge in [0.2, 0.25) is 0 Å². The first-order valence-electron chi connectivity index (χ1n) is 6.86. The molecule has 1 fully saturated rings. The highest BCUT2D eigenvalue weighted by Crippen LogP contribution is 2.31. The van der Waals surface area contributed by atoms with Gasteiger partial charge >= 0.3 is 5.97 Å². The van der Waals surface area contributed by atoms with Crippen molar-refractivity contribution in [3.05, 3.63) is 17.8 Å². The first kappa shape index (κ1) is 12.8. The third-order valence-electron chi connectivity index (χ3n) is 3.72. The SMILES string of the molecule is O=C(O)c1nc[nH]c1-c1nc(C2CCCCCC2)no1. The van der Waals surface area contributed by atoms with Gasteiger partial charge in [-0.25, -0.2) is 9.78 Å². The minimum Gasteiger partial charge on any atom is -0.476 e. The summed E-state index contributed by atoms with van der Waals surface area (Å²) in [7, 11) is 0. The number of aromatic nitrogens is 4. The standard InChI is InChI=1S/C13H16N4O3/c18-13(19)10-9(14-7-15-10)12-16-11(17-20-12)8-5-3-1-2-4-6-8/h7-8H,1-6H2,(H,14,15)(H,18,19). The highest BCUT2D eigenvalue weighted by molar-refractivity contribution is 5.91. The minimum absolute atomic E-state index is 0.0962. The zero-order valence-corrected chi connectivity index (χ0v) is 11.0. The van der Waals surface area contributed by atoms with Gasteiger partial charge in [0.05, 0.1) is 6.33 Å². The van der Waals surface area contributed by atoms with Gasteiger partial charge < -0.3 is 14.6 Å². The van der Waals surface area contributed by atoms with Gasteiger partial charge in [0.25, 0.3) is 5.89 Å². The fourth-order valence-electron chi connectivity index (χ4n) is 2.66. The van der Waals surface area contributed by atoms with Crippen molar-refractivity contribution >= 4 is 5.97 Å². The average molecular weight is 276 g/mol. The zero-order valence-electron chi connectivity index (χ0n) is 11.0. The second-order valence-electron chi connectivity index (χ2n) is 5.08. The van der Waals surface area contributed by atoms with Crippen LogP contribution in [0, 0.1) is 0 Å². The number of imidazole rings is 1. The van der Waals surface area contributed by atoms with E-state index in [2.05, 4.69) is 20.1 Å². The van der Waals surface area contributed by atoms with Gasteiger partial charge in [0.1, 0.15) is 5.69 Å². The van der Waals surface area contributed by atoms with E-state index in [1.165, 1.54) is 32.0 Å². The summed E-state index contributed by atoms with van der Waals surface area (Å²) in [6.07, 6.45) is 8.31. The van der Waals surface area contributed by atoms with Crippen molar-refractivity contribution in [3.63, 3.8) is 0 Å². The Morgan fingerprint density at radius 2 is 2.05 bits per heavy atom. The quantitative estimate of drug-likeness (QED) is 0.835. The lowest BCUT2D eigenvalue weighted by molar-refractivity contribution is 0.0691. The van der Waals surface area contributed by atoms with Crippen molar-refractivity contribution in [3.8, 4) is 11.6 Å². The highest BCUT2D eigenvalue weighted by Gasteiger charge is 2.24. The first-order valence-corrected chi connectivity index (χ1v) is 6.86. The molecule has 0 amide bonds. The summed E-state index contributed by atoms with van der Waals surface area (Å²) in [6, 6.07) is 0. The van der Waals surface area contributed by atoms with E-state index in [9.17, 15) is 4.79 Å². The lowest BCUT2D eigenvalue weighted by Gasteiger charge is -2.07. The number of nitrogens with one attached hydrogen (secondary N) is 1. The van der Waals surface area contributed by atoms with Gasteiger partial charge in [-0.3, -0.25) is 0 Å². The fourth-order valence-corrected chi connectivity index (χ4v) is 2.66. The van der Waals surface area contributed by atoms with Crippen molar-refractivity contribution in [2.75, 3.05) is 0 Å². The van der Waals surface area contributed by atoms with Crippen LogP contribution in [0.3, 0.4) is 0 Å². The largest absolute Gasteiger partial charge is 0.476 e. The van der Waals surface area contributed by atoms with Crippen LogP contribution in [0.1, 0.15) is 60.8 Å². The minimum atomic E-state index is -1.12. The second kappa shape index (κ2) is 5.44. The molecule has 0 aromatic carbocycles. The van der Waals surface area contributed by atoms with Crippen LogP contribution in [0.25, 0.3) is 11.6 Å². The number of carboxylic acids is 1. The summed E-state index contributed by atoms with van der Waals surface area (Å²) >= 11 is 0. The Kier molecular flexibility index (Phi) is 3.49. The van der Waals surface area contributed by atoms with Gasteiger partial charge in [0.15, 0.2) is 11.5 Å². The third kappa shape index (κ3) is 2.43. The van der Waals surface area contributed by atoms with Crippen molar-refractivity contribution < 1.29 is 14.4 Å². The van der Waals surface area contributed by atoms with Crippen LogP contribution in [-0.2, 0) is 0 Å². The summed E-state index contributed by atoms with van der Waals surface area (Å²) in [6.45, 7) is 0. The lowest BCUT2D eigenvalue weighted by atomic mass is 10.00. The predicted octanol–water partition coefficient (Wildman–Crippen LogP) is 2.60. The van der Waals surface area contributed by atoms with Crippen molar-refractivity contribution in [1.29, 1.82) is 0 Å². The first-order chi connectivity index (χ1) is 9.75. The molecule has 7 nitrogen and oxygen atoms in total. The van der Waals surface area contributed by atoms with Crippen LogP contribution in [0.15, 0.2) is 10.9 Å². The molecule has 1 aliphatic carbocycles. The number of nitrogens with zero attached hydrogens (tertiary/aromatic N) is 3. The Hall–Kier alpha value is -2.18. The summed E-state index contributed by atoms with van der Waals surface area (Å²) < 4.78 is 5.20. The summed E-state index contributed by atoms with van der Waals surface area (Å²) in [4.78, 5) is 21.9. The van der Waals surface area contributed by atoms with E-state index in [1.54, 1.807) is 0 Å². The van der Waals surface area contributed by atoms with Crippen LogP contribution in [0.4, 0.5) is 0 Å². The highest BCUT2D eigenvalue weighted by atomic mass is 16.5. The maximum atomic E-state index is 11.0. The van der Waals surface area contributed by atoms with E-state index in [0.29, 0.717) is 11.7 Å². The molecule has 0 spiro atoms. The molecule has 7 heteroatoms. The maximum Gasteiger partial charge on any atom is 0.356 e. The molecule has 2 aromatic rings. The van der Waals surface area contributed by atoms with Crippen molar-refractivity contribution in [2.24, 2.45) is 0 Å². The van der Waals surface area contributed by atoms with E-state index in [1.807, 2.05) is 0 Å². The van der Waals surface area contributed by atoms with Crippen molar-refractivity contribution in [2.45, 2.75) is 44.4 Å². The smallest absolute Gasteiger partial charge is 0.356 e. The summed E-state index contributed by atoms with van der Waals surface area (Å²) in [5.41, 5.74) is 0.172. The molecule has 0 bridgehead atoms. The molecule has 1 saturated carbocycles. The fraction of sp³-hybridized carbons (Fsp3) is 0.538. The summed E-state index contributed by atoms with van der Waals surface area (Å²) in [5.74, 6) is 0.0636. The molecule has 0 unspecified atom stereocenters. The lowest BCUT2D eigenvalue weighted by Crippen LogP contribution is -2.01. The van der Waals surface area contributed by atoms with Crippen molar-refractivity contribution in [1.82, 2.24) is 20.1 Å². The third-order valence-corrected chi connectivity index (χ3v) is 3.72. The summed E-state index contributed by atoms with van der Waals surface area (Å²) in [5, 5.41) is 13.0. The average Bonchev–Trinajstić information content (AvgIpc) is 3.02. The number of hydrogen-bond acceptors (Lipinski definition) is 5. The molecule has 0 radical (unpaired) electrons. The molecule has 106 valence electrons. The van der Waals surface area contributed by atoms with Crippen LogP contribution in [0.5, 0.6) is 0 Å². The molecule has 1 aliphatic rings. The number of H-pyrrole nitrogens is 1. The topological polar surface area (TPSA) is 105 Å². The molecule has 2 heterocycles. The van der Waals surface area contributed by atoms with Crippen LogP contribution in [-0.4, -0.2) is 31.2 Å². The van der Waals surface area contributed by atoms with E-state index in [4.69, 9.17) is 9.63 Å². The molecule has 0 aliphatic heterocycles. The molecule has 0 saturated heterocycles. The Balaban J connectivity index is 1.86. The molecule has 3 rings (SSSR count). The number of hydrogen-bond donors (Lipinski definition) is 2. The van der Waals surface area contributed by atoms with Crippen LogP contribution < -0.4 is 0 Å². The Morgan fingerprint density at radius 1 is 1.30 bits per heavy atom. The molecular formula is C13H16N4O3. The monoisotopic (exact) mass is 276 g/mol. The Labute approximate surface area is 115 Å². The molecule has 2 N–H and O–H groups in total. The van der Waals surface area contributed by atoms with Gasteiger partial charge in [0, 0.05) is 5.92 Å². The Morgan fingerprint density at radius 3 is 2.75 bits per heavy atom. The predicted molar refractivity (Wildman–Crippen MR) is 69.3 cm³/mol. The molecular weight excluding hydrogens is 260 g/mol. The number of carboxylic acid groups (broad SMARTS) is 1. The second-order valence-corrected chi connectivity index (χ2v) is 5.08. The number of rotatable bonds is 3. The van der Waals surface area contributed by atoms with E-state index in [0.717, 1.165) is 12.8 Å². The van der Waals surface area contributed by atoms with E-state index >= 15 is 0 Å². The van der Waals surface area contributed by atoms with E-state index in [-0.39, 0.29) is 17.3 Å².